The summed E-state index contributed by atoms with van der Waals surface area (Å²) in [6.07, 6.45) is 0.945. The predicted octanol–water partition coefficient (Wildman–Crippen LogP) is 3.93. The van der Waals surface area contributed by atoms with Crippen LogP contribution >= 0.6 is 0 Å². The molecule has 1 aliphatic rings. The molecule has 0 aliphatic carbocycles. The Balaban J connectivity index is 1.34. The third kappa shape index (κ3) is 6.27. The zero-order chi connectivity index (χ0) is 19.7. The van der Waals surface area contributed by atoms with E-state index in [0.29, 0.717) is 19.8 Å². The molecule has 3 nitrogen and oxygen atoms in total. The molecule has 0 bridgehead atoms. The van der Waals surface area contributed by atoms with Crippen molar-refractivity contribution in [3.05, 3.63) is 102 Å². The van der Waals surface area contributed by atoms with Gasteiger partial charge in [0.25, 0.3) is 0 Å². The number of hydrogen-bond donors (Lipinski definition) is 0. The van der Waals surface area contributed by atoms with E-state index in [-0.39, 0.29) is 32.2 Å². The summed E-state index contributed by atoms with van der Waals surface area (Å²) in [4.78, 5) is 0. The van der Waals surface area contributed by atoms with E-state index in [1.165, 1.54) is 15.6 Å². The third-order valence-corrected chi connectivity index (χ3v) is 7.21. The predicted molar refractivity (Wildman–Crippen MR) is 116 cm³/mol. The molecule has 0 N–H and O–H groups in total. The molecule has 3 aromatic carbocycles. The van der Waals surface area contributed by atoms with Crippen LogP contribution in [0.3, 0.4) is 0 Å². The molecule has 1 saturated heterocycles. The summed E-state index contributed by atoms with van der Waals surface area (Å²) in [5.41, 5.74) is 2.37. The van der Waals surface area contributed by atoms with E-state index < -0.39 is 0 Å². The fourth-order valence-corrected chi connectivity index (χ4v) is 5.69. The van der Waals surface area contributed by atoms with Gasteiger partial charge in [-0.2, -0.15) is 0 Å². The van der Waals surface area contributed by atoms with Crippen molar-refractivity contribution in [2.75, 3.05) is 6.61 Å². The molecule has 4 heteroatoms. The van der Waals surface area contributed by atoms with Gasteiger partial charge < -0.3 is 0 Å². The van der Waals surface area contributed by atoms with Gasteiger partial charge in [-0.05, 0) is 0 Å². The fourth-order valence-electron chi connectivity index (χ4n) is 3.37. The molecule has 1 aliphatic heterocycles. The molecular weight excluding hydrogens is 427 g/mol. The molecule has 1 heterocycles. The van der Waals surface area contributed by atoms with Crippen LogP contribution in [0.1, 0.15) is 17.5 Å². The van der Waals surface area contributed by atoms with E-state index >= 15 is 0 Å². The van der Waals surface area contributed by atoms with Crippen LogP contribution in [0.15, 0.2) is 91.0 Å². The Morgan fingerprint density at radius 1 is 0.759 bits per heavy atom. The van der Waals surface area contributed by atoms with Crippen molar-refractivity contribution >= 4 is 19.4 Å². The Hall–Kier alpha value is -1.94. The van der Waals surface area contributed by atoms with Gasteiger partial charge in [0, 0.05) is 0 Å². The van der Waals surface area contributed by atoms with Crippen LogP contribution in [0.2, 0.25) is 0 Å². The zero-order valence-electron chi connectivity index (χ0n) is 16.4. The van der Waals surface area contributed by atoms with Crippen molar-refractivity contribution in [1.82, 2.24) is 0 Å². The van der Waals surface area contributed by atoms with Crippen LogP contribution in [0.5, 0.6) is 0 Å². The van der Waals surface area contributed by atoms with Crippen LogP contribution in [0, 0.1) is 0 Å². The summed E-state index contributed by atoms with van der Waals surface area (Å²) >= 11 is 0.268. The summed E-state index contributed by atoms with van der Waals surface area (Å²) in [6, 6.07) is 31.2. The van der Waals surface area contributed by atoms with Gasteiger partial charge in [-0.1, -0.05) is 0 Å². The molecule has 3 atom stereocenters. The monoisotopic (exact) mass is 454 g/mol. The van der Waals surface area contributed by atoms with E-state index in [9.17, 15) is 0 Å². The first-order valence-electron chi connectivity index (χ1n) is 10.0. The molecular formula is C25H26O3Se. The molecule has 1 unspecified atom stereocenters. The Bertz CT molecular complexity index is 842. The Kier molecular flexibility index (Phi) is 7.52. The van der Waals surface area contributed by atoms with Gasteiger partial charge in [0.1, 0.15) is 0 Å². The molecule has 0 radical (unpaired) electrons. The van der Waals surface area contributed by atoms with Crippen LogP contribution < -0.4 is 4.46 Å². The standard InChI is InChI=1S/C25H26O3Se/c1-4-10-20(11-5-1)17-26-19-24-23(27-18-21-12-6-2-7-13-21)16-25(28-24)29-22-14-8-3-9-15-22/h1-15,23-25H,16-19H2/t23-,24+,25?/m0/s1. The second kappa shape index (κ2) is 10.7. The van der Waals surface area contributed by atoms with Crippen molar-refractivity contribution < 1.29 is 14.2 Å². The van der Waals surface area contributed by atoms with Crippen molar-refractivity contribution in [2.45, 2.75) is 36.8 Å². The third-order valence-electron chi connectivity index (χ3n) is 4.88. The van der Waals surface area contributed by atoms with Crippen molar-refractivity contribution in [1.29, 1.82) is 0 Å². The molecule has 0 amide bonds. The van der Waals surface area contributed by atoms with Gasteiger partial charge in [0.15, 0.2) is 0 Å². The van der Waals surface area contributed by atoms with Crippen LogP contribution in [-0.2, 0) is 27.4 Å². The maximum absolute atomic E-state index is 6.38. The van der Waals surface area contributed by atoms with Crippen LogP contribution in [-0.4, -0.2) is 38.8 Å². The Labute approximate surface area is 179 Å². The van der Waals surface area contributed by atoms with Gasteiger partial charge in [0.05, 0.1) is 0 Å². The quantitative estimate of drug-likeness (QED) is 0.460. The Morgan fingerprint density at radius 3 is 2.00 bits per heavy atom. The maximum atomic E-state index is 6.38. The molecule has 4 rings (SSSR count). The number of ether oxygens (including phenoxy) is 3. The first-order valence-corrected chi connectivity index (χ1v) is 11.9. The van der Waals surface area contributed by atoms with Gasteiger partial charge in [-0.25, -0.2) is 0 Å². The normalized spacial score (nSPS) is 21.3. The first-order chi connectivity index (χ1) is 14.4. The summed E-state index contributed by atoms with van der Waals surface area (Å²) in [5.74, 6) is 0. The van der Waals surface area contributed by atoms with E-state index in [1.54, 1.807) is 0 Å². The average Bonchev–Trinajstić information content (AvgIpc) is 3.16. The van der Waals surface area contributed by atoms with Gasteiger partial charge in [0.2, 0.25) is 0 Å². The van der Waals surface area contributed by atoms with Crippen LogP contribution in [0.25, 0.3) is 0 Å². The average molecular weight is 453 g/mol. The van der Waals surface area contributed by atoms with E-state index in [0.717, 1.165) is 6.42 Å². The second-order valence-corrected chi connectivity index (χ2v) is 9.69. The van der Waals surface area contributed by atoms with Crippen molar-refractivity contribution in [2.24, 2.45) is 0 Å². The summed E-state index contributed by atoms with van der Waals surface area (Å²) in [5, 5.41) is 0.219. The van der Waals surface area contributed by atoms with Gasteiger partial charge in [-0.3, -0.25) is 0 Å². The zero-order valence-corrected chi connectivity index (χ0v) is 18.1. The molecule has 0 spiro atoms. The number of hydrogen-bond acceptors (Lipinski definition) is 3. The van der Waals surface area contributed by atoms with Gasteiger partial charge in [-0.15, -0.1) is 0 Å². The molecule has 0 saturated carbocycles. The SMILES string of the molecule is c1ccc(COC[C@H]2OC([Se]c3ccccc3)C[C@@H]2OCc2ccccc2)cc1. The van der Waals surface area contributed by atoms with E-state index in [1.807, 2.05) is 36.4 Å². The molecule has 29 heavy (non-hydrogen) atoms. The van der Waals surface area contributed by atoms with Crippen molar-refractivity contribution in [3.63, 3.8) is 0 Å². The number of benzene rings is 3. The van der Waals surface area contributed by atoms with E-state index in [4.69, 9.17) is 14.2 Å². The first kappa shape index (κ1) is 20.3. The minimum absolute atomic E-state index is 0.0296. The molecule has 150 valence electrons. The molecule has 3 aromatic rings. The second-order valence-electron chi connectivity index (χ2n) is 7.11. The minimum atomic E-state index is -0.0296. The Morgan fingerprint density at radius 2 is 1.34 bits per heavy atom. The van der Waals surface area contributed by atoms with Crippen LogP contribution in [0.4, 0.5) is 0 Å². The summed E-state index contributed by atoms with van der Waals surface area (Å²) < 4.78 is 20.0. The van der Waals surface area contributed by atoms with Crippen molar-refractivity contribution in [3.8, 4) is 0 Å². The fraction of sp³-hybridized carbons (Fsp3) is 0.280. The number of rotatable bonds is 9. The molecule has 0 aromatic heterocycles. The topological polar surface area (TPSA) is 27.7 Å². The summed E-state index contributed by atoms with van der Waals surface area (Å²) in [7, 11) is 0. The molecule has 1 fully saturated rings. The van der Waals surface area contributed by atoms with Gasteiger partial charge >= 0.3 is 179 Å². The van der Waals surface area contributed by atoms with E-state index in [2.05, 4.69) is 54.6 Å². The summed E-state index contributed by atoms with van der Waals surface area (Å²) in [6.45, 7) is 1.76.